The number of benzene rings is 3. The Morgan fingerprint density at radius 1 is 0.676 bits per heavy atom. The summed E-state index contributed by atoms with van der Waals surface area (Å²) in [4.78, 5) is 23.6. The second-order valence-corrected chi connectivity index (χ2v) is 7.83. The molecule has 3 aromatic rings. The molecule has 3 rings (SSSR count). The summed E-state index contributed by atoms with van der Waals surface area (Å²) in [7, 11) is 0. The highest BCUT2D eigenvalue weighted by molar-refractivity contribution is 5.90. The highest BCUT2D eigenvalue weighted by atomic mass is 16.5. The molecule has 3 aromatic carbocycles. The molecule has 0 amide bonds. The number of carbonyl (C=O) groups is 2. The second kappa shape index (κ2) is 10.5. The third kappa shape index (κ3) is 5.48. The first-order chi connectivity index (χ1) is 16.2. The average Bonchev–Trinajstić information content (AvgIpc) is 2.84. The van der Waals surface area contributed by atoms with Crippen molar-refractivity contribution in [1.29, 1.82) is 0 Å². The van der Waals surface area contributed by atoms with Gasteiger partial charge in [0.05, 0.1) is 0 Å². The van der Waals surface area contributed by atoms with Gasteiger partial charge in [-0.15, -0.1) is 0 Å². The normalized spacial score (nSPS) is 10.2. The fourth-order valence-electron chi connectivity index (χ4n) is 3.24. The van der Waals surface area contributed by atoms with Gasteiger partial charge in [-0.3, -0.25) is 0 Å². The number of hydrogen-bond acceptors (Lipinski definition) is 4. The number of ether oxygens (including phenoxy) is 2. The molecular formula is C30H26O4. The van der Waals surface area contributed by atoms with Crippen molar-refractivity contribution >= 4 is 24.1 Å². The van der Waals surface area contributed by atoms with Gasteiger partial charge >= 0.3 is 11.9 Å². The van der Waals surface area contributed by atoms with Crippen molar-refractivity contribution in [3.8, 4) is 33.8 Å². The second-order valence-electron chi connectivity index (χ2n) is 7.83. The van der Waals surface area contributed by atoms with Crippen molar-refractivity contribution in [2.75, 3.05) is 0 Å². The lowest BCUT2D eigenvalue weighted by atomic mass is 9.94. The van der Waals surface area contributed by atoms with E-state index in [2.05, 4.69) is 26.3 Å². The summed E-state index contributed by atoms with van der Waals surface area (Å²) < 4.78 is 10.7. The predicted molar refractivity (Wildman–Crippen MR) is 138 cm³/mol. The standard InChI is InChI=1S/C30H26O4/c1-7-21-17-24(25-12-16-28(22(8-2)18-25)34-30(32)20(5)6)11-15-27(21)23-9-13-26(14-10-23)33-29(31)19(3)4/h7-18H,1-3,5H2,4,6H3. The van der Waals surface area contributed by atoms with Crippen LogP contribution < -0.4 is 9.47 Å². The minimum atomic E-state index is -0.477. The molecule has 0 saturated carbocycles. The monoisotopic (exact) mass is 450 g/mol. The van der Waals surface area contributed by atoms with Gasteiger partial charge in [-0.05, 0) is 72.0 Å². The fraction of sp³-hybridized carbons (Fsp3) is 0.0667. The van der Waals surface area contributed by atoms with E-state index in [1.165, 1.54) is 0 Å². The third-order valence-corrected chi connectivity index (χ3v) is 5.11. The van der Waals surface area contributed by atoms with Gasteiger partial charge in [-0.1, -0.05) is 68.8 Å². The summed E-state index contributed by atoms with van der Waals surface area (Å²) in [6.45, 7) is 18.2. The maximum absolute atomic E-state index is 11.9. The molecule has 0 N–H and O–H groups in total. The Bertz CT molecular complexity index is 1310. The van der Waals surface area contributed by atoms with Crippen LogP contribution in [-0.4, -0.2) is 11.9 Å². The summed E-state index contributed by atoms with van der Waals surface area (Å²) in [5, 5.41) is 0. The van der Waals surface area contributed by atoms with E-state index < -0.39 is 11.9 Å². The Hall–Kier alpha value is -4.44. The SMILES string of the molecule is C=Cc1cc(-c2ccc(-c3ccc(OC(=O)C(=C)C)cc3)c(C=C)c2)ccc1OC(=O)C(=C)C. The van der Waals surface area contributed by atoms with Gasteiger partial charge in [0, 0.05) is 16.7 Å². The summed E-state index contributed by atoms with van der Waals surface area (Å²) in [5.74, 6) is -0.0459. The summed E-state index contributed by atoms with van der Waals surface area (Å²) in [5.41, 5.74) is 6.20. The van der Waals surface area contributed by atoms with Crippen molar-refractivity contribution in [1.82, 2.24) is 0 Å². The summed E-state index contributed by atoms with van der Waals surface area (Å²) in [6, 6.07) is 18.9. The Morgan fingerprint density at radius 2 is 1.18 bits per heavy atom. The van der Waals surface area contributed by atoms with Crippen molar-refractivity contribution in [3.05, 3.63) is 109 Å². The molecule has 0 bridgehead atoms. The molecular weight excluding hydrogens is 424 g/mol. The minimum absolute atomic E-state index is 0.326. The van der Waals surface area contributed by atoms with Crippen LogP contribution in [-0.2, 0) is 9.59 Å². The van der Waals surface area contributed by atoms with Crippen LogP contribution >= 0.6 is 0 Å². The molecule has 0 atom stereocenters. The number of rotatable bonds is 8. The quantitative estimate of drug-likeness (QED) is 0.206. The highest BCUT2D eigenvalue weighted by Crippen LogP contribution is 2.33. The molecule has 4 nitrogen and oxygen atoms in total. The number of hydrogen-bond donors (Lipinski definition) is 0. The Morgan fingerprint density at radius 3 is 1.74 bits per heavy atom. The van der Waals surface area contributed by atoms with E-state index in [4.69, 9.17) is 9.47 Å². The van der Waals surface area contributed by atoms with E-state index in [9.17, 15) is 9.59 Å². The van der Waals surface area contributed by atoms with Gasteiger partial charge in [0.25, 0.3) is 0 Å². The van der Waals surface area contributed by atoms with Crippen LogP contribution in [0.4, 0.5) is 0 Å². The maximum Gasteiger partial charge on any atom is 0.338 e. The molecule has 0 radical (unpaired) electrons. The molecule has 0 fully saturated rings. The van der Waals surface area contributed by atoms with Gasteiger partial charge < -0.3 is 9.47 Å². The van der Waals surface area contributed by atoms with Gasteiger partial charge in [0.1, 0.15) is 11.5 Å². The summed E-state index contributed by atoms with van der Waals surface area (Å²) >= 11 is 0. The van der Waals surface area contributed by atoms with Crippen molar-refractivity contribution in [2.45, 2.75) is 13.8 Å². The Kier molecular flexibility index (Phi) is 7.44. The topological polar surface area (TPSA) is 52.6 Å². The predicted octanol–water partition coefficient (Wildman–Crippen LogP) is 7.27. The molecule has 4 heteroatoms. The molecule has 0 aliphatic carbocycles. The molecule has 0 aromatic heterocycles. The zero-order valence-corrected chi connectivity index (χ0v) is 19.4. The van der Waals surface area contributed by atoms with E-state index in [1.807, 2.05) is 42.5 Å². The van der Waals surface area contributed by atoms with E-state index in [-0.39, 0.29) is 0 Å². The maximum atomic E-state index is 11.9. The van der Waals surface area contributed by atoms with Crippen LogP contribution in [0.2, 0.25) is 0 Å². The molecule has 0 aliphatic rings. The van der Waals surface area contributed by atoms with Crippen molar-refractivity contribution < 1.29 is 19.1 Å². The van der Waals surface area contributed by atoms with Crippen LogP contribution in [0.3, 0.4) is 0 Å². The molecule has 0 unspecified atom stereocenters. The molecule has 0 heterocycles. The lowest BCUT2D eigenvalue weighted by Crippen LogP contribution is -2.09. The van der Waals surface area contributed by atoms with Gasteiger partial charge in [-0.2, -0.15) is 0 Å². The van der Waals surface area contributed by atoms with E-state index in [0.717, 1.165) is 27.8 Å². The lowest BCUT2D eigenvalue weighted by molar-refractivity contribution is -0.130. The zero-order valence-electron chi connectivity index (χ0n) is 19.4. The van der Waals surface area contributed by atoms with Crippen LogP contribution in [0, 0.1) is 0 Å². The molecule has 0 spiro atoms. The first-order valence-electron chi connectivity index (χ1n) is 10.6. The first-order valence-corrected chi connectivity index (χ1v) is 10.6. The number of carbonyl (C=O) groups excluding carboxylic acids is 2. The largest absolute Gasteiger partial charge is 0.423 e. The zero-order chi connectivity index (χ0) is 24.8. The Balaban J connectivity index is 1.91. The fourth-order valence-corrected chi connectivity index (χ4v) is 3.24. The molecule has 0 saturated heterocycles. The molecule has 0 aliphatic heterocycles. The van der Waals surface area contributed by atoms with Crippen LogP contribution in [0.5, 0.6) is 11.5 Å². The van der Waals surface area contributed by atoms with Gasteiger partial charge in [0.15, 0.2) is 0 Å². The van der Waals surface area contributed by atoms with Crippen LogP contribution in [0.1, 0.15) is 25.0 Å². The summed E-state index contributed by atoms with van der Waals surface area (Å²) in [6.07, 6.45) is 3.45. The highest BCUT2D eigenvalue weighted by Gasteiger charge is 2.12. The first kappa shape index (κ1) is 24.2. The van der Waals surface area contributed by atoms with Crippen LogP contribution in [0.25, 0.3) is 34.4 Å². The van der Waals surface area contributed by atoms with Crippen LogP contribution in [0.15, 0.2) is 98.1 Å². The lowest BCUT2D eigenvalue weighted by Gasteiger charge is -2.13. The minimum Gasteiger partial charge on any atom is -0.423 e. The van der Waals surface area contributed by atoms with E-state index in [1.54, 1.807) is 44.2 Å². The third-order valence-electron chi connectivity index (χ3n) is 5.11. The van der Waals surface area contributed by atoms with Crippen molar-refractivity contribution in [2.24, 2.45) is 0 Å². The average molecular weight is 451 g/mol. The van der Waals surface area contributed by atoms with E-state index in [0.29, 0.717) is 28.2 Å². The number of esters is 2. The van der Waals surface area contributed by atoms with Gasteiger partial charge in [0.2, 0.25) is 0 Å². The Labute approximate surface area is 200 Å². The molecule has 170 valence electrons. The smallest absolute Gasteiger partial charge is 0.338 e. The van der Waals surface area contributed by atoms with Crippen molar-refractivity contribution in [3.63, 3.8) is 0 Å². The van der Waals surface area contributed by atoms with E-state index >= 15 is 0 Å². The van der Waals surface area contributed by atoms with Gasteiger partial charge in [-0.25, -0.2) is 9.59 Å². The molecule has 34 heavy (non-hydrogen) atoms.